The number of carbonyl (C=O) groups excluding carboxylic acids is 1. The van der Waals surface area contributed by atoms with Gasteiger partial charge in [0.1, 0.15) is 0 Å². The molecule has 4 fully saturated rings. The van der Waals surface area contributed by atoms with Gasteiger partial charge in [-0.2, -0.15) is 0 Å². The van der Waals surface area contributed by atoms with Gasteiger partial charge in [0.15, 0.2) is 0 Å². The summed E-state index contributed by atoms with van der Waals surface area (Å²) in [5.74, 6) is 1.78. The molecule has 0 bridgehead atoms. The van der Waals surface area contributed by atoms with Gasteiger partial charge in [-0.25, -0.2) is 8.42 Å². The molecule has 7 nitrogen and oxygen atoms in total. The van der Waals surface area contributed by atoms with E-state index in [9.17, 15) is 28.0 Å². The molecule has 0 spiro atoms. The summed E-state index contributed by atoms with van der Waals surface area (Å²) in [5.41, 5.74) is 0.914. The molecule has 12 atom stereocenters. The first-order valence-corrected chi connectivity index (χ1v) is 18.0. The van der Waals surface area contributed by atoms with Crippen LogP contribution in [0.15, 0.2) is 30.3 Å². The van der Waals surface area contributed by atoms with E-state index in [0.29, 0.717) is 47.5 Å². The molecule has 3 N–H and O–H groups in total. The topological polar surface area (TPSA) is 127 Å². The highest BCUT2D eigenvalue weighted by molar-refractivity contribution is 7.85. The number of hydrogen-bond acceptors (Lipinski definition) is 6. The Morgan fingerprint density at radius 1 is 1.02 bits per heavy atom. The Morgan fingerprint density at radius 2 is 1.69 bits per heavy atom. The summed E-state index contributed by atoms with van der Waals surface area (Å²) >= 11 is 0. The van der Waals surface area contributed by atoms with Crippen molar-refractivity contribution in [3.8, 4) is 0 Å². The second-order valence-corrected chi connectivity index (χ2v) is 16.3. The van der Waals surface area contributed by atoms with Crippen LogP contribution in [0.2, 0.25) is 0 Å². The number of aliphatic hydroxyl groups excluding tert-OH is 2. The third-order valence-corrected chi connectivity index (χ3v) is 13.6. The van der Waals surface area contributed by atoms with E-state index in [0.717, 1.165) is 51.4 Å². The largest absolute Gasteiger partial charge is 0.748 e. The van der Waals surface area contributed by atoms with E-state index >= 15 is 0 Å². The third kappa shape index (κ3) is 5.94. The van der Waals surface area contributed by atoms with Crippen LogP contribution < -0.4 is 5.32 Å². The molecule has 1 amide bonds. The number of hydrogen-bond donors (Lipinski definition) is 3. The molecule has 0 saturated heterocycles. The predicted molar refractivity (Wildman–Crippen MR) is 162 cm³/mol. The van der Waals surface area contributed by atoms with Gasteiger partial charge >= 0.3 is 0 Å². The first-order chi connectivity index (χ1) is 19.8. The van der Waals surface area contributed by atoms with Crippen LogP contribution in [0, 0.1) is 52.3 Å². The lowest BCUT2D eigenvalue weighted by Gasteiger charge is -2.64. The van der Waals surface area contributed by atoms with E-state index in [1.807, 2.05) is 6.07 Å². The fraction of sp³-hybridized carbons (Fsp3) is 0.794. The highest BCUT2D eigenvalue weighted by Crippen LogP contribution is 2.69. The SMILES string of the molecule is CC[C@H]1[C@@H](O)[C@@H]2[C@H](CC[C@]3(C)[C@@H]([C@H](C)CCC(=O)N[C@H](CS(=O)(=O)[O-])c4ccccc4)CC[C@@H]23)[C@@]2(C)CC[C@@H](O)C[C@@H]12. The van der Waals surface area contributed by atoms with Crippen LogP contribution in [0.25, 0.3) is 0 Å². The summed E-state index contributed by atoms with van der Waals surface area (Å²) in [7, 11) is -4.52. The summed E-state index contributed by atoms with van der Waals surface area (Å²) in [6.45, 7) is 9.36. The average Bonchev–Trinajstić information content (AvgIpc) is 3.29. The molecule has 0 heterocycles. The molecule has 0 aliphatic heterocycles. The van der Waals surface area contributed by atoms with Crippen LogP contribution in [-0.4, -0.2) is 47.1 Å². The number of amides is 1. The Kier molecular flexibility index (Phi) is 9.22. The molecule has 4 aliphatic carbocycles. The zero-order valence-corrected chi connectivity index (χ0v) is 26.7. The summed E-state index contributed by atoms with van der Waals surface area (Å²) in [6, 6.07) is 7.95. The predicted octanol–water partition coefficient (Wildman–Crippen LogP) is 5.43. The second kappa shape index (κ2) is 12.1. The molecule has 5 rings (SSSR count). The Hall–Kier alpha value is -1.48. The zero-order chi connectivity index (χ0) is 30.4. The smallest absolute Gasteiger partial charge is 0.220 e. The lowest BCUT2D eigenvalue weighted by Crippen LogP contribution is -2.62. The van der Waals surface area contributed by atoms with Crippen LogP contribution in [0.4, 0.5) is 0 Å². The Morgan fingerprint density at radius 3 is 2.36 bits per heavy atom. The monoisotopic (exact) mass is 602 g/mol. The van der Waals surface area contributed by atoms with Gasteiger partial charge in [0.05, 0.1) is 34.1 Å². The summed E-state index contributed by atoms with van der Waals surface area (Å²) < 4.78 is 34.6. The number of carbonyl (C=O) groups is 1. The minimum atomic E-state index is -4.52. The van der Waals surface area contributed by atoms with Gasteiger partial charge in [0.2, 0.25) is 5.91 Å². The molecule has 42 heavy (non-hydrogen) atoms. The fourth-order valence-corrected chi connectivity index (χ4v) is 11.6. The van der Waals surface area contributed by atoms with Crippen molar-refractivity contribution < 1.29 is 28.0 Å². The molecule has 0 aromatic heterocycles. The van der Waals surface area contributed by atoms with Crippen molar-refractivity contribution in [3.05, 3.63) is 35.9 Å². The Labute approximate surface area is 253 Å². The lowest BCUT2D eigenvalue weighted by atomic mass is 9.41. The summed E-state index contributed by atoms with van der Waals surface area (Å²) in [4.78, 5) is 13.0. The number of fused-ring (bicyclic) bond motifs is 5. The quantitative estimate of drug-likeness (QED) is 0.324. The molecular formula is C34H52NO6S-. The van der Waals surface area contributed by atoms with Crippen molar-refractivity contribution in [1.82, 2.24) is 5.32 Å². The minimum Gasteiger partial charge on any atom is -0.748 e. The van der Waals surface area contributed by atoms with Gasteiger partial charge < -0.3 is 20.1 Å². The van der Waals surface area contributed by atoms with Gasteiger partial charge in [0.25, 0.3) is 0 Å². The van der Waals surface area contributed by atoms with Gasteiger partial charge in [-0.05, 0) is 109 Å². The number of aliphatic hydroxyl groups is 2. The van der Waals surface area contributed by atoms with Crippen molar-refractivity contribution >= 4 is 16.0 Å². The van der Waals surface area contributed by atoms with Crippen molar-refractivity contribution in [3.63, 3.8) is 0 Å². The van der Waals surface area contributed by atoms with E-state index in [-0.39, 0.29) is 41.3 Å². The summed E-state index contributed by atoms with van der Waals surface area (Å²) in [6.07, 6.45) is 8.63. The van der Waals surface area contributed by atoms with Crippen LogP contribution in [-0.2, 0) is 14.9 Å². The highest BCUT2D eigenvalue weighted by atomic mass is 32.2. The van der Waals surface area contributed by atoms with Crippen LogP contribution in [0.1, 0.15) is 104 Å². The van der Waals surface area contributed by atoms with Crippen LogP contribution in [0.5, 0.6) is 0 Å². The molecule has 1 aromatic carbocycles. The standard InChI is InChI=1S/C34H53NO6S/c1-5-24-28-19-23(36)15-17-34(28,4)27-16-18-33(3)25(12-13-26(33)31(27)32(24)38)21(2)11-14-30(37)35-29(20-42(39,40)41)22-9-7-6-8-10-22/h6-10,21,23-29,31-32,36,38H,5,11-20H2,1-4H3,(H,35,37)(H,39,40,41)/p-1/t21-,23-,24-,25-,26+,27+,28+,29-,31+,32-,33-,34-/m1/s1. The van der Waals surface area contributed by atoms with Gasteiger partial charge in [0, 0.05) is 6.42 Å². The van der Waals surface area contributed by atoms with E-state index in [4.69, 9.17) is 0 Å². The maximum absolute atomic E-state index is 13.0. The van der Waals surface area contributed by atoms with Crippen LogP contribution >= 0.6 is 0 Å². The lowest BCUT2D eigenvalue weighted by molar-refractivity contribution is -0.203. The zero-order valence-electron chi connectivity index (χ0n) is 25.9. The molecule has 0 unspecified atom stereocenters. The van der Waals surface area contributed by atoms with Crippen molar-refractivity contribution in [2.75, 3.05) is 5.75 Å². The van der Waals surface area contributed by atoms with E-state index in [2.05, 4.69) is 33.0 Å². The van der Waals surface area contributed by atoms with E-state index < -0.39 is 21.9 Å². The first-order valence-electron chi connectivity index (χ1n) is 16.4. The number of rotatable bonds is 9. The highest BCUT2D eigenvalue weighted by Gasteiger charge is 2.64. The molecule has 4 aliphatic rings. The van der Waals surface area contributed by atoms with Crippen molar-refractivity contribution in [2.24, 2.45) is 52.3 Å². The number of benzene rings is 1. The van der Waals surface area contributed by atoms with E-state index in [1.54, 1.807) is 24.3 Å². The first kappa shape index (κ1) is 31.9. The van der Waals surface area contributed by atoms with Gasteiger partial charge in [-0.3, -0.25) is 4.79 Å². The normalized spacial score (nSPS) is 41.2. The molecule has 0 radical (unpaired) electrons. The minimum absolute atomic E-state index is 0.122. The molecule has 1 aromatic rings. The van der Waals surface area contributed by atoms with Crippen LogP contribution in [0.3, 0.4) is 0 Å². The summed E-state index contributed by atoms with van der Waals surface area (Å²) in [5, 5.41) is 25.3. The molecule has 4 saturated carbocycles. The van der Waals surface area contributed by atoms with Gasteiger partial charge in [-0.15, -0.1) is 0 Å². The Balaban J connectivity index is 1.26. The molecular weight excluding hydrogens is 550 g/mol. The molecule has 236 valence electrons. The number of nitrogens with one attached hydrogen (secondary N) is 1. The average molecular weight is 603 g/mol. The maximum Gasteiger partial charge on any atom is 0.220 e. The van der Waals surface area contributed by atoms with Gasteiger partial charge in [-0.1, -0.05) is 64.4 Å². The van der Waals surface area contributed by atoms with Crippen molar-refractivity contribution in [2.45, 2.75) is 110 Å². The fourth-order valence-electron chi connectivity index (χ4n) is 10.9. The Bertz CT molecular complexity index is 1210. The second-order valence-electron chi connectivity index (χ2n) is 14.9. The van der Waals surface area contributed by atoms with Crippen molar-refractivity contribution in [1.29, 1.82) is 0 Å². The molecule has 8 heteroatoms. The maximum atomic E-state index is 13.0. The third-order valence-electron chi connectivity index (χ3n) is 12.9. The van der Waals surface area contributed by atoms with E-state index in [1.165, 1.54) is 0 Å².